The minimum atomic E-state index is 0.177. The summed E-state index contributed by atoms with van der Waals surface area (Å²) in [5.41, 5.74) is 7.69. The van der Waals surface area contributed by atoms with Crippen LogP contribution in [0.1, 0.15) is 63.6 Å². The fraction of sp³-hybridized carbons (Fsp3) is 0.480. The van der Waals surface area contributed by atoms with Gasteiger partial charge in [-0.2, -0.15) is 0 Å². The van der Waals surface area contributed by atoms with Gasteiger partial charge in [0.15, 0.2) is 0 Å². The summed E-state index contributed by atoms with van der Waals surface area (Å²) in [6.45, 7) is 13.9. The van der Waals surface area contributed by atoms with Crippen LogP contribution >= 0.6 is 0 Å². The van der Waals surface area contributed by atoms with Gasteiger partial charge in [0.2, 0.25) is 0 Å². The lowest BCUT2D eigenvalue weighted by atomic mass is 9.78. The van der Waals surface area contributed by atoms with E-state index in [9.17, 15) is 0 Å². The number of aliphatic imine (C=N–C) groups is 1. The number of benzene rings is 2. The zero-order valence-electron chi connectivity index (χ0n) is 18.7. The minimum absolute atomic E-state index is 0.177. The number of nitrogens with zero attached hydrogens (tertiary/aromatic N) is 3. The highest BCUT2D eigenvalue weighted by molar-refractivity contribution is 5.86. The molecule has 3 heteroatoms. The third kappa shape index (κ3) is 3.94. The first-order chi connectivity index (χ1) is 13.1. The molecule has 28 heavy (non-hydrogen) atoms. The predicted molar refractivity (Wildman–Crippen MR) is 124 cm³/mol. The number of anilines is 2. The standard InChI is InChI=1S/C25H35N3/c1-17(2)28-24-13-18(3)20(14-23(24)19(4)15-25(28,5)6)16-26-21-9-11-22(12-10-21)27(7)8/h9-14,16-17,19H,15H2,1-8H3. The van der Waals surface area contributed by atoms with Crippen LogP contribution < -0.4 is 9.80 Å². The number of aryl methyl sites for hydroxylation is 1. The molecule has 0 saturated heterocycles. The smallest absolute Gasteiger partial charge is 0.0631 e. The number of fused-ring (bicyclic) bond motifs is 1. The molecule has 0 N–H and O–H groups in total. The van der Waals surface area contributed by atoms with E-state index in [4.69, 9.17) is 4.99 Å². The van der Waals surface area contributed by atoms with Crippen molar-refractivity contribution in [3.8, 4) is 0 Å². The van der Waals surface area contributed by atoms with Gasteiger partial charge in [-0.05, 0) is 100 Å². The van der Waals surface area contributed by atoms with Crippen LogP contribution in [0.2, 0.25) is 0 Å². The molecular weight excluding hydrogens is 342 g/mol. The van der Waals surface area contributed by atoms with Crippen LogP contribution in [0.5, 0.6) is 0 Å². The molecule has 0 amide bonds. The summed E-state index contributed by atoms with van der Waals surface area (Å²) in [7, 11) is 4.11. The van der Waals surface area contributed by atoms with E-state index in [1.54, 1.807) is 0 Å². The minimum Gasteiger partial charge on any atom is -0.378 e. The molecule has 0 saturated carbocycles. The second-order valence-corrected chi connectivity index (χ2v) is 9.32. The largest absolute Gasteiger partial charge is 0.378 e. The molecule has 0 radical (unpaired) electrons. The Morgan fingerprint density at radius 2 is 1.79 bits per heavy atom. The molecule has 0 aliphatic carbocycles. The number of hydrogen-bond acceptors (Lipinski definition) is 3. The molecule has 0 spiro atoms. The highest BCUT2D eigenvalue weighted by Gasteiger charge is 2.37. The highest BCUT2D eigenvalue weighted by atomic mass is 15.2. The van der Waals surface area contributed by atoms with E-state index < -0.39 is 0 Å². The molecule has 3 rings (SSSR count). The normalized spacial score (nSPS) is 18.6. The van der Waals surface area contributed by atoms with Crippen LogP contribution in [0.15, 0.2) is 41.4 Å². The Morgan fingerprint density at radius 3 is 2.36 bits per heavy atom. The molecule has 150 valence electrons. The third-order valence-corrected chi connectivity index (χ3v) is 5.90. The molecule has 0 aromatic heterocycles. The molecular formula is C25H35N3. The molecule has 1 atom stereocenters. The summed E-state index contributed by atoms with van der Waals surface area (Å²) in [6.07, 6.45) is 3.19. The van der Waals surface area contributed by atoms with Gasteiger partial charge in [-0.3, -0.25) is 4.99 Å². The van der Waals surface area contributed by atoms with Gasteiger partial charge in [-0.25, -0.2) is 0 Å². The van der Waals surface area contributed by atoms with Crippen LogP contribution in [0.3, 0.4) is 0 Å². The van der Waals surface area contributed by atoms with E-state index in [0.29, 0.717) is 12.0 Å². The fourth-order valence-electron chi connectivity index (χ4n) is 4.71. The lowest BCUT2D eigenvalue weighted by Crippen LogP contribution is -2.51. The average molecular weight is 378 g/mol. The van der Waals surface area contributed by atoms with Crippen molar-refractivity contribution in [2.45, 2.75) is 65.5 Å². The first kappa shape index (κ1) is 20.4. The zero-order valence-corrected chi connectivity index (χ0v) is 18.7. The SMILES string of the molecule is Cc1cc2c(cc1C=Nc1ccc(N(C)C)cc1)C(C)CC(C)(C)N2C(C)C. The van der Waals surface area contributed by atoms with Crippen molar-refractivity contribution in [2.24, 2.45) is 4.99 Å². The molecule has 1 aliphatic rings. The van der Waals surface area contributed by atoms with Crippen LogP contribution in [-0.2, 0) is 0 Å². The molecule has 0 fully saturated rings. The summed E-state index contributed by atoms with van der Waals surface area (Å²) in [6, 6.07) is 13.6. The topological polar surface area (TPSA) is 18.8 Å². The van der Waals surface area contributed by atoms with Crippen molar-refractivity contribution in [3.63, 3.8) is 0 Å². The zero-order chi connectivity index (χ0) is 20.6. The Kier molecular flexibility index (Phi) is 5.56. The maximum atomic E-state index is 4.74. The number of hydrogen-bond donors (Lipinski definition) is 0. The molecule has 1 heterocycles. The van der Waals surface area contributed by atoms with Gasteiger partial charge in [-0.1, -0.05) is 6.92 Å². The van der Waals surface area contributed by atoms with E-state index in [2.05, 4.69) is 102 Å². The van der Waals surface area contributed by atoms with Gasteiger partial charge in [0.25, 0.3) is 0 Å². The van der Waals surface area contributed by atoms with Crippen LogP contribution in [0.4, 0.5) is 17.1 Å². The Bertz CT molecular complexity index is 860. The van der Waals surface area contributed by atoms with E-state index in [1.807, 2.05) is 6.21 Å². The van der Waals surface area contributed by atoms with E-state index in [0.717, 1.165) is 5.69 Å². The molecule has 1 unspecified atom stereocenters. The van der Waals surface area contributed by atoms with Crippen LogP contribution in [0.25, 0.3) is 0 Å². The Morgan fingerprint density at radius 1 is 1.14 bits per heavy atom. The van der Waals surface area contributed by atoms with Gasteiger partial charge in [0.1, 0.15) is 0 Å². The Balaban J connectivity index is 1.95. The lowest BCUT2D eigenvalue weighted by Gasteiger charge is -2.50. The van der Waals surface area contributed by atoms with Crippen LogP contribution in [-0.4, -0.2) is 31.9 Å². The monoisotopic (exact) mass is 377 g/mol. The Hall–Kier alpha value is -2.29. The molecule has 2 aromatic carbocycles. The average Bonchev–Trinajstić information content (AvgIpc) is 2.59. The predicted octanol–water partition coefficient (Wildman–Crippen LogP) is 6.31. The fourth-order valence-corrected chi connectivity index (χ4v) is 4.71. The molecule has 2 aromatic rings. The van der Waals surface area contributed by atoms with Crippen molar-refractivity contribution in [2.75, 3.05) is 23.9 Å². The van der Waals surface area contributed by atoms with Gasteiger partial charge in [0.05, 0.1) is 5.69 Å². The number of rotatable bonds is 4. The van der Waals surface area contributed by atoms with E-state index in [-0.39, 0.29) is 5.54 Å². The molecule has 1 aliphatic heterocycles. The lowest BCUT2D eigenvalue weighted by molar-refractivity contribution is 0.356. The first-order valence-corrected chi connectivity index (χ1v) is 10.4. The van der Waals surface area contributed by atoms with Gasteiger partial charge >= 0.3 is 0 Å². The quantitative estimate of drug-likeness (QED) is 0.581. The summed E-state index contributed by atoms with van der Waals surface area (Å²) >= 11 is 0. The summed E-state index contributed by atoms with van der Waals surface area (Å²) in [5, 5.41) is 0. The van der Waals surface area contributed by atoms with Gasteiger partial charge < -0.3 is 9.80 Å². The van der Waals surface area contributed by atoms with Crippen molar-refractivity contribution in [1.82, 2.24) is 0 Å². The van der Waals surface area contributed by atoms with Gasteiger partial charge in [0, 0.05) is 43.3 Å². The summed E-state index contributed by atoms with van der Waals surface area (Å²) in [5.74, 6) is 0.548. The van der Waals surface area contributed by atoms with Crippen molar-refractivity contribution < 1.29 is 0 Å². The highest BCUT2D eigenvalue weighted by Crippen LogP contribution is 2.45. The summed E-state index contributed by atoms with van der Waals surface area (Å²) < 4.78 is 0. The van der Waals surface area contributed by atoms with Crippen molar-refractivity contribution >= 4 is 23.3 Å². The maximum absolute atomic E-state index is 4.74. The van der Waals surface area contributed by atoms with Crippen molar-refractivity contribution in [3.05, 3.63) is 53.1 Å². The second kappa shape index (κ2) is 7.62. The third-order valence-electron chi connectivity index (χ3n) is 5.90. The second-order valence-electron chi connectivity index (χ2n) is 9.32. The van der Waals surface area contributed by atoms with Gasteiger partial charge in [-0.15, -0.1) is 0 Å². The van der Waals surface area contributed by atoms with Crippen molar-refractivity contribution in [1.29, 1.82) is 0 Å². The maximum Gasteiger partial charge on any atom is 0.0631 e. The summed E-state index contributed by atoms with van der Waals surface area (Å²) in [4.78, 5) is 9.43. The Labute approximate surface area is 171 Å². The first-order valence-electron chi connectivity index (χ1n) is 10.4. The van der Waals surface area contributed by atoms with E-state index in [1.165, 1.54) is 34.5 Å². The van der Waals surface area contributed by atoms with E-state index >= 15 is 0 Å². The van der Waals surface area contributed by atoms with Crippen LogP contribution in [0, 0.1) is 6.92 Å². The molecule has 3 nitrogen and oxygen atoms in total. The molecule has 0 bridgehead atoms.